The number of rotatable bonds is 8. The van der Waals surface area contributed by atoms with Gasteiger partial charge in [-0.05, 0) is 18.2 Å². The lowest BCUT2D eigenvalue weighted by atomic mass is 10.1. The molecule has 0 aliphatic heterocycles. The molecule has 33 heavy (non-hydrogen) atoms. The molecule has 0 heterocycles. The van der Waals surface area contributed by atoms with Gasteiger partial charge in [0, 0.05) is 19.2 Å². The number of urea groups is 1. The maximum Gasteiger partial charge on any atom is 0.416 e. The van der Waals surface area contributed by atoms with E-state index >= 15 is 0 Å². The van der Waals surface area contributed by atoms with E-state index in [2.05, 4.69) is 5.32 Å². The highest BCUT2D eigenvalue weighted by Crippen LogP contribution is 2.30. The zero-order valence-electron chi connectivity index (χ0n) is 17.2. The van der Waals surface area contributed by atoms with Crippen LogP contribution in [0.2, 0.25) is 0 Å². The second kappa shape index (κ2) is 10.9. The van der Waals surface area contributed by atoms with Crippen LogP contribution in [0.4, 0.5) is 18.0 Å². The first-order chi connectivity index (χ1) is 15.4. The molecular weight excluding hydrogens is 467 g/mol. The molecule has 0 aliphatic rings. The Kier molecular flexibility index (Phi) is 8.54. The van der Waals surface area contributed by atoms with E-state index in [4.69, 9.17) is 4.74 Å². The van der Waals surface area contributed by atoms with Crippen LogP contribution in [0.3, 0.4) is 0 Å². The fraction of sp³-hybridized carbons (Fsp3) is 0.250. The van der Waals surface area contributed by atoms with Gasteiger partial charge in [0.1, 0.15) is 0 Å². The van der Waals surface area contributed by atoms with Crippen LogP contribution in [0.25, 0.3) is 0 Å². The minimum Gasteiger partial charge on any atom is -0.447 e. The minimum atomic E-state index is -4.73. The van der Waals surface area contributed by atoms with Gasteiger partial charge in [0.05, 0.1) is 16.9 Å². The van der Waals surface area contributed by atoms with Crippen molar-refractivity contribution in [2.24, 2.45) is 0 Å². The summed E-state index contributed by atoms with van der Waals surface area (Å²) < 4.78 is 70.1. The summed E-state index contributed by atoms with van der Waals surface area (Å²) in [5.41, 5.74) is -0.880. The summed E-state index contributed by atoms with van der Waals surface area (Å²) in [5, 5.41) is 4.16. The van der Waals surface area contributed by atoms with E-state index < -0.39 is 63.6 Å². The molecule has 2 rings (SSSR count). The SMILES string of the molecule is CNC(=O)NC(=O)C(OC(=O)CCNS(=O)(=O)c1cccc(C(F)(F)F)c1)c1ccccc1. The Hall–Kier alpha value is -3.45. The normalized spacial score (nSPS) is 12.5. The Morgan fingerprint density at radius 3 is 2.30 bits per heavy atom. The first-order valence-corrected chi connectivity index (χ1v) is 10.9. The zero-order valence-corrected chi connectivity index (χ0v) is 18.0. The molecular formula is C20H20F3N3O6S. The molecule has 13 heteroatoms. The lowest BCUT2D eigenvalue weighted by Gasteiger charge is -2.17. The number of ether oxygens (including phenoxy) is 1. The van der Waals surface area contributed by atoms with E-state index in [1.807, 2.05) is 10.0 Å². The first-order valence-electron chi connectivity index (χ1n) is 9.38. The maximum atomic E-state index is 12.8. The molecule has 0 aromatic heterocycles. The average Bonchev–Trinajstić information content (AvgIpc) is 2.77. The minimum absolute atomic E-state index is 0.261. The van der Waals surface area contributed by atoms with Gasteiger partial charge in [-0.1, -0.05) is 36.4 Å². The molecule has 2 aromatic carbocycles. The van der Waals surface area contributed by atoms with Crippen LogP contribution in [0.5, 0.6) is 0 Å². The van der Waals surface area contributed by atoms with Crippen molar-refractivity contribution in [1.29, 1.82) is 0 Å². The molecule has 178 valence electrons. The molecule has 0 bridgehead atoms. The summed E-state index contributed by atoms with van der Waals surface area (Å²) in [4.78, 5) is 35.3. The number of sulfonamides is 1. The predicted octanol–water partition coefficient (Wildman–Crippen LogP) is 2.11. The number of hydrogen-bond acceptors (Lipinski definition) is 6. The lowest BCUT2D eigenvalue weighted by Crippen LogP contribution is -2.41. The largest absolute Gasteiger partial charge is 0.447 e. The molecule has 3 amide bonds. The van der Waals surface area contributed by atoms with Crippen molar-refractivity contribution >= 4 is 27.9 Å². The topological polar surface area (TPSA) is 131 Å². The van der Waals surface area contributed by atoms with Gasteiger partial charge in [0.2, 0.25) is 16.1 Å². The van der Waals surface area contributed by atoms with Crippen LogP contribution < -0.4 is 15.4 Å². The van der Waals surface area contributed by atoms with E-state index in [1.54, 1.807) is 18.2 Å². The third kappa shape index (κ3) is 7.57. The quantitative estimate of drug-likeness (QED) is 0.489. The highest BCUT2D eigenvalue weighted by molar-refractivity contribution is 7.89. The van der Waals surface area contributed by atoms with Crippen LogP contribution in [0, 0.1) is 0 Å². The highest BCUT2D eigenvalue weighted by atomic mass is 32.2. The monoisotopic (exact) mass is 487 g/mol. The molecule has 1 unspecified atom stereocenters. The summed E-state index contributed by atoms with van der Waals surface area (Å²) in [6.07, 6.45) is -6.75. The Labute approximate surface area is 187 Å². The van der Waals surface area contributed by atoms with Gasteiger partial charge < -0.3 is 10.1 Å². The van der Waals surface area contributed by atoms with Crippen LogP contribution in [0.15, 0.2) is 59.5 Å². The van der Waals surface area contributed by atoms with E-state index in [1.165, 1.54) is 19.2 Å². The second-order valence-electron chi connectivity index (χ2n) is 6.52. The van der Waals surface area contributed by atoms with E-state index in [0.29, 0.717) is 6.07 Å². The zero-order chi connectivity index (χ0) is 24.6. The van der Waals surface area contributed by atoms with Crippen molar-refractivity contribution in [3.05, 3.63) is 65.7 Å². The number of carbonyl (C=O) groups is 3. The van der Waals surface area contributed by atoms with Crippen molar-refractivity contribution < 1.29 is 40.7 Å². The summed E-state index contributed by atoms with van der Waals surface area (Å²) >= 11 is 0. The van der Waals surface area contributed by atoms with Gasteiger partial charge in [-0.3, -0.25) is 14.9 Å². The summed E-state index contributed by atoms with van der Waals surface area (Å²) in [7, 11) is -3.06. The number of imide groups is 1. The van der Waals surface area contributed by atoms with Gasteiger partial charge in [0.15, 0.2) is 0 Å². The Morgan fingerprint density at radius 2 is 1.70 bits per heavy atom. The third-order valence-corrected chi connectivity index (χ3v) is 5.61. The third-order valence-electron chi connectivity index (χ3n) is 4.15. The van der Waals surface area contributed by atoms with Gasteiger partial charge >= 0.3 is 18.2 Å². The number of esters is 1. The molecule has 0 saturated heterocycles. The molecule has 0 aliphatic carbocycles. The Morgan fingerprint density at radius 1 is 1.03 bits per heavy atom. The smallest absolute Gasteiger partial charge is 0.416 e. The number of benzene rings is 2. The Bertz CT molecular complexity index is 1110. The molecule has 0 fully saturated rings. The molecule has 2 aromatic rings. The average molecular weight is 487 g/mol. The van der Waals surface area contributed by atoms with Gasteiger partial charge in [-0.15, -0.1) is 0 Å². The van der Waals surface area contributed by atoms with E-state index in [9.17, 15) is 36.0 Å². The predicted molar refractivity (Wildman–Crippen MR) is 109 cm³/mol. The van der Waals surface area contributed by atoms with Crippen LogP contribution in [-0.4, -0.2) is 39.9 Å². The van der Waals surface area contributed by atoms with Gasteiger partial charge in [-0.25, -0.2) is 17.9 Å². The molecule has 9 nitrogen and oxygen atoms in total. The number of hydrogen-bond donors (Lipinski definition) is 3. The molecule has 0 spiro atoms. The van der Waals surface area contributed by atoms with Crippen molar-refractivity contribution in [3.63, 3.8) is 0 Å². The van der Waals surface area contributed by atoms with Crippen LogP contribution >= 0.6 is 0 Å². The van der Waals surface area contributed by atoms with Crippen molar-refractivity contribution in [1.82, 2.24) is 15.4 Å². The van der Waals surface area contributed by atoms with Crippen molar-refractivity contribution in [2.75, 3.05) is 13.6 Å². The second-order valence-corrected chi connectivity index (χ2v) is 8.29. The van der Waals surface area contributed by atoms with Crippen LogP contribution in [0.1, 0.15) is 23.7 Å². The number of amides is 3. The summed E-state index contributed by atoms with van der Waals surface area (Å²) in [6.45, 7) is -0.504. The maximum absolute atomic E-state index is 12.8. The van der Waals surface area contributed by atoms with E-state index in [0.717, 1.165) is 18.2 Å². The lowest BCUT2D eigenvalue weighted by molar-refractivity contribution is -0.156. The number of nitrogens with one attached hydrogen (secondary N) is 3. The van der Waals surface area contributed by atoms with Crippen molar-refractivity contribution in [2.45, 2.75) is 23.6 Å². The number of carbonyl (C=O) groups excluding carboxylic acids is 3. The standard InChI is InChI=1S/C20H20F3N3O6S/c1-24-19(29)26-18(28)17(13-6-3-2-4-7-13)32-16(27)10-11-25-33(30,31)15-9-5-8-14(12-15)20(21,22)23/h2-9,12,17,25H,10-11H2,1H3,(H2,24,26,28,29). The summed E-state index contributed by atoms with van der Waals surface area (Å²) in [5.74, 6) is -1.92. The first kappa shape index (κ1) is 25.8. The molecule has 0 saturated carbocycles. The van der Waals surface area contributed by atoms with Gasteiger partial charge in [-0.2, -0.15) is 13.2 Å². The molecule has 1 atom stereocenters. The van der Waals surface area contributed by atoms with Crippen LogP contribution in [-0.2, 0) is 30.5 Å². The van der Waals surface area contributed by atoms with E-state index in [-0.39, 0.29) is 5.56 Å². The fourth-order valence-electron chi connectivity index (χ4n) is 2.54. The Balaban J connectivity index is 2.03. The van der Waals surface area contributed by atoms with Crippen molar-refractivity contribution in [3.8, 4) is 0 Å². The summed E-state index contributed by atoms with van der Waals surface area (Å²) in [6, 6.07) is 10.1. The molecule has 3 N–H and O–H groups in total. The van der Waals surface area contributed by atoms with Gasteiger partial charge in [0.25, 0.3) is 5.91 Å². The molecule has 0 radical (unpaired) electrons. The highest BCUT2D eigenvalue weighted by Gasteiger charge is 2.32. The number of alkyl halides is 3. The number of halogens is 3. The fourth-order valence-corrected chi connectivity index (χ4v) is 3.62.